The van der Waals surface area contributed by atoms with Crippen LogP contribution in [0.2, 0.25) is 0 Å². The summed E-state index contributed by atoms with van der Waals surface area (Å²) in [4.78, 5) is 0. The first-order valence-corrected chi connectivity index (χ1v) is 6.52. The van der Waals surface area contributed by atoms with Gasteiger partial charge in [0.1, 0.15) is 0 Å². The molecule has 0 aliphatic carbocycles. The number of rotatable bonds is 0. The Morgan fingerprint density at radius 2 is 2.10 bits per heavy atom. The van der Waals surface area contributed by atoms with Gasteiger partial charge in [-0.3, -0.25) is 0 Å². The second-order valence-electron chi connectivity index (χ2n) is 4.92. The minimum Gasteiger partial charge on any atom is -0.494 e. The molecule has 1 aliphatic heterocycles. The van der Waals surface area contributed by atoms with Gasteiger partial charge in [-0.1, -0.05) is 5.92 Å². The Morgan fingerprint density at radius 3 is 2.76 bits per heavy atom. The monoisotopic (exact) mass is 294 g/mol. The largest absolute Gasteiger partial charge is 0.494 e. The number of aromatic nitrogens is 1. The first kappa shape index (κ1) is 13.8. The van der Waals surface area contributed by atoms with Crippen molar-refractivity contribution in [3.05, 3.63) is 29.0 Å². The lowest BCUT2D eigenvalue weighted by Crippen LogP contribution is -2.27. The van der Waals surface area contributed by atoms with Gasteiger partial charge < -0.3 is 15.0 Å². The molecule has 3 rings (SSSR count). The molecule has 2 aromatic rings. The van der Waals surface area contributed by atoms with Crippen molar-refractivity contribution in [1.29, 1.82) is 0 Å². The molecule has 0 unspecified atom stereocenters. The number of benzene rings is 1. The molecule has 0 saturated heterocycles. The van der Waals surface area contributed by atoms with Crippen LogP contribution in [-0.4, -0.2) is 16.2 Å². The molecule has 6 heteroatoms. The first-order chi connectivity index (χ1) is 9.93. The van der Waals surface area contributed by atoms with Crippen molar-refractivity contribution in [3.63, 3.8) is 0 Å². The van der Waals surface area contributed by atoms with Gasteiger partial charge in [-0.05, 0) is 19.1 Å². The highest BCUT2D eigenvalue weighted by molar-refractivity contribution is 5.95. The minimum atomic E-state index is -4.54. The summed E-state index contributed by atoms with van der Waals surface area (Å²) in [6.45, 7) is 3.06. The Labute approximate surface area is 119 Å². The third-order valence-electron chi connectivity index (χ3n) is 3.63. The Balaban J connectivity index is 2.43. The molecule has 0 fully saturated rings. The summed E-state index contributed by atoms with van der Waals surface area (Å²) in [5.41, 5.74) is 0.132. The predicted molar refractivity (Wildman–Crippen MR) is 72.9 cm³/mol. The normalized spacial score (nSPS) is 14.7. The number of nitrogens with one attached hydrogen (secondary N) is 1. The fourth-order valence-corrected chi connectivity index (χ4v) is 2.79. The summed E-state index contributed by atoms with van der Waals surface area (Å²) < 4.78 is 41.4. The average Bonchev–Trinajstić information content (AvgIpc) is 2.72. The standard InChI is InChI=1S/C15H13F3N2O/c1-2-3-9-6-10-12-8-19-4-5-20(12)14(21)13(10)11(7-9)15(16,17)18/h6-7,19,21H,4-5,8H2,1H3. The Bertz CT molecular complexity index is 778. The van der Waals surface area contributed by atoms with E-state index < -0.39 is 11.7 Å². The molecule has 1 aromatic carbocycles. The Hall–Kier alpha value is -2.13. The fraction of sp³-hybridized carbons (Fsp3) is 0.333. The van der Waals surface area contributed by atoms with Crippen molar-refractivity contribution in [3.8, 4) is 17.7 Å². The third kappa shape index (κ3) is 2.14. The van der Waals surface area contributed by atoms with Crippen LogP contribution in [0.25, 0.3) is 10.8 Å². The molecule has 0 saturated carbocycles. The van der Waals surface area contributed by atoms with Crippen molar-refractivity contribution in [2.24, 2.45) is 0 Å². The van der Waals surface area contributed by atoms with E-state index in [1.807, 2.05) is 0 Å². The van der Waals surface area contributed by atoms with Gasteiger partial charge in [0.15, 0.2) is 5.88 Å². The zero-order valence-corrected chi connectivity index (χ0v) is 11.3. The van der Waals surface area contributed by atoms with Crippen LogP contribution >= 0.6 is 0 Å². The van der Waals surface area contributed by atoms with Gasteiger partial charge in [-0.25, -0.2) is 0 Å². The second kappa shape index (κ2) is 4.71. The van der Waals surface area contributed by atoms with E-state index in [1.165, 1.54) is 0 Å². The number of nitrogens with zero attached hydrogens (tertiary/aromatic N) is 1. The lowest BCUT2D eigenvalue weighted by atomic mass is 10.0. The first-order valence-electron chi connectivity index (χ1n) is 6.52. The molecule has 1 aliphatic rings. The molecular weight excluding hydrogens is 281 g/mol. The summed E-state index contributed by atoms with van der Waals surface area (Å²) in [5, 5.41) is 13.6. The van der Waals surface area contributed by atoms with Crippen molar-refractivity contribution >= 4 is 10.8 Å². The maximum absolute atomic E-state index is 13.3. The Kier molecular flexibility index (Phi) is 3.10. The van der Waals surface area contributed by atoms with Crippen LogP contribution in [-0.2, 0) is 19.3 Å². The summed E-state index contributed by atoms with van der Waals surface area (Å²) in [7, 11) is 0. The van der Waals surface area contributed by atoms with E-state index in [9.17, 15) is 18.3 Å². The topological polar surface area (TPSA) is 37.2 Å². The van der Waals surface area contributed by atoms with E-state index in [0.29, 0.717) is 36.3 Å². The van der Waals surface area contributed by atoms with Crippen LogP contribution in [0.15, 0.2) is 12.1 Å². The summed E-state index contributed by atoms with van der Waals surface area (Å²) in [5.74, 6) is 4.96. The van der Waals surface area contributed by atoms with Crippen molar-refractivity contribution in [1.82, 2.24) is 9.88 Å². The maximum Gasteiger partial charge on any atom is 0.417 e. The molecular formula is C15H13F3N2O. The molecule has 1 aromatic heterocycles. The SMILES string of the molecule is CC#Cc1cc(C(F)(F)F)c2c(O)n3c(c2c1)CNCC3. The lowest BCUT2D eigenvalue weighted by molar-refractivity contribution is -0.136. The number of hydrogen-bond acceptors (Lipinski definition) is 2. The number of hydrogen-bond donors (Lipinski definition) is 2. The zero-order valence-electron chi connectivity index (χ0n) is 11.3. The highest BCUT2D eigenvalue weighted by Gasteiger charge is 2.36. The average molecular weight is 294 g/mol. The molecule has 2 heterocycles. The van der Waals surface area contributed by atoms with Gasteiger partial charge in [0.2, 0.25) is 0 Å². The fourth-order valence-electron chi connectivity index (χ4n) is 2.79. The molecule has 0 bridgehead atoms. The molecule has 0 spiro atoms. The highest BCUT2D eigenvalue weighted by atomic mass is 19.4. The van der Waals surface area contributed by atoms with E-state index in [0.717, 1.165) is 6.07 Å². The molecule has 0 amide bonds. The van der Waals surface area contributed by atoms with Crippen molar-refractivity contribution in [2.75, 3.05) is 6.54 Å². The predicted octanol–water partition coefficient (Wildman–Crippen LogP) is 2.84. The minimum absolute atomic E-state index is 0.136. The van der Waals surface area contributed by atoms with Gasteiger partial charge >= 0.3 is 6.18 Å². The number of aromatic hydroxyl groups is 1. The van der Waals surface area contributed by atoms with Gasteiger partial charge in [0.25, 0.3) is 0 Å². The van der Waals surface area contributed by atoms with Gasteiger partial charge in [0, 0.05) is 36.3 Å². The lowest BCUT2D eigenvalue weighted by Gasteiger charge is -2.17. The number of alkyl halides is 3. The third-order valence-corrected chi connectivity index (χ3v) is 3.63. The van der Waals surface area contributed by atoms with Gasteiger partial charge in [-0.2, -0.15) is 13.2 Å². The van der Waals surface area contributed by atoms with E-state index in [-0.39, 0.29) is 11.3 Å². The van der Waals surface area contributed by atoms with Crippen LogP contribution in [0.4, 0.5) is 13.2 Å². The molecule has 3 nitrogen and oxygen atoms in total. The Morgan fingerprint density at radius 1 is 1.33 bits per heavy atom. The van der Waals surface area contributed by atoms with Crippen LogP contribution < -0.4 is 5.32 Å². The second-order valence-corrected chi connectivity index (χ2v) is 4.92. The van der Waals surface area contributed by atoms with E-state index in [4.69, 9.17) is 0 Å². The summed E-state index contributed by atoms with van der Waals surface area (Å²) in [6.07, 6.45) is -4.54. The van der Waals surface area contributed by atoms with Crippen molar-refractivity contribution < 1.29 is 18.3 Å². The van der Waals surface area contributed by atoms with E-state index in [2.05, 4.69) is 17.2 Å². The molecule has 2 N–H and O–H groups in total. The molecule has 0 radical (unpaired) electrons. The van der Waals surface area contributed by atoms with Crippen LogP contribution in [0.3, 0.4) is 0 Å². The number of fused-ring (bicyclic) bond motifs is 3. The van der Waals surface area contributed by atoms with Gasteiger partial charge in [0.05, 0.1) is 10.9 Å². The highest BCUT2D eigenvalue weighted by Crippen LogP contribution is 2.42. The summed E-state index contributed by atoms with van der Waals surface area (Å²) >= 11 is 0. The van der Waals surface area contributed by atoms with E-state index >= 15 is 0 Å². The number of halogens is 3. The van der Waals surface area contributed by atoms with Gasteiger partial charge in [-0.15, -0.1) is 5.92 Å². The quantitative estimate of drug-likeness (QED) is 0.733. The van der Waals surface area contributed by atoms with Crippen LogP contribution in [0.5, 0.6) is 5.88 Å². The molecule has 21 heavy (non-hydrogen) atoms. The van der Waals surface area contributed by atoms with Crippen LogP contribution in [0.1, 0.15) is 23.7 Å². The van der Waals surface area contributed by atoms with E-state index in [1.54, 1.807) is 17.6 Å². The molecule has 110 valence electrons. The van der Waals surface area contributed by atoms with Crippen molar-refractivity contribution in [2.45, 2.75) is 26.2 Å². The zero-order chi connectivity index (χ0) is 15.2. The molecule has 0 atom stereocenters. The summed E-state index contributed by atoms with van der Waals surface area (Å²) in [6, 6.07) is 2.61. The maximum atomic E-state index is 13.3. The van der Waals surface area contributed by atoms with Crippen LogP contribution in [0, 0.1) is 11.8 Å². The smallest absolute Gasteiger partial charge is 0.417 e.